The van der Waals surface area contributed by atoms with Crippen molar-refractivity contribution in [1.29, 1.82) is 0 Å². The summed E-state index contributed by atoms with van der Waals surface area (Å²) < 4.78 is 5.66. The van der Waals surface area contributed by atoms with Gasteiger partial charge in [0.1, 0.15) is 5.02 Å². The van der Waals surface area contributed by atoms with Crippen LogP contribution in [-0.4, -0.2) is 15.9 Å². The number of nitrogens with zero attached hydrogens (tertiary/aromatic N) is 1. The van der Waals surface area contributed by atoms with Crippen LogP contribution in [-0.2, 0) is 4.74 Å². The Morgan fingerprint density at radius 2 is 1.75 bits per heavy atom. The highest BCUT2D eigenvalue weighted by atomic mass is 35.5. The zero-order valence-electron chi connectivity index (χ0n) is 12.5. The molecule has 1 aromatic carbocycles. The van der Waals surface area contributed by atoms with Crippen molar-refractivity contribution in [2.45, 2.75) is 6.10 Å². The number of aromatic amines is 1. The minimum atomic E-state index is -0.590. The van der Waals surface area contributed by atoms with E-state index in [0.29, 0.717) is 0 Å². The number of ether oxygens (including phenoxy) is 1. The second-order valence-electron chi connectivity index (χ2n) is 5.04. The van der Waals surface area contributed by atoms with E-state index in [2.05, 4.69) is 9.97 Å². The first-order valence-corrected chi connectivity index (χ1v) is 7.57. The molecule has 2 aromatic heterocycles. The standard InChI is InChI=1S/C18H13ClN2O3/c19-15-10-14(11-21-17(15)22)18(23)24-16(12-4-2-1-3-5-12)13-6-8-20-9-7-13/h1-11,16H,(H,21,22)/t16-/m0/s1. The van der Waals surface area contributed by atoms with Crippen molar-refractivity contribution in [2.75, 3.05) is 0 Å². The minimum absolute atomic E-state index is 0.0652. The molecule has 0 aliphatic carbocycles. The van der Waals surface area contributed by atoms with Crippen LogP contribution in [0.2, 0.25) is 5.02 Å². The molecule has 5 nitrogen and oxygen atoms in total. The van der Waals surface area contributed by atoms with Crippen LogP contribution in [0.3, 0.4) is 0 Å². The van der Waals surface area contributed by atoms with Crippen LogP contribution in [0.5, 0.6) is 0 Å². The van der Waals surface area contributed by atoms with Gasteiger partial charge in [0.25, 0.3) is 5.56 Å². The summed E-state index contributed by atoms with van der Waals surface area (Å²) in [6, 6.07) is 14.2. The highest BCUT2D eigenvalue weighted by Gasteiger charge is 2.20. The molecule has 0 saturated carbocycles. The summed E-state index contributed by atoms with van der Waals surface area (Å²) in [5.41, 5.74) is 1.34. The average molecular weight is 341 g/mol. The number of aromatic nitrogens is 2. The van der Waals surface area contributed by atoms with E-state index < -0.39 is 17.6 Å². The van der Waals surface area contributed by atoms with Gasteiger partial charge in [-0.1, -0.05) is 41.9 Å². The van der Waals surface area contributed by atoms with Crippen molar-refractivity contribution in [2.24, 2.45) is 0 Å². The fourth-order valence-electron chi connectivity index (χ4n) is 2.24. The number of H-pyrrole nitrogens is 1. The largest absolute Gasteiger partial charge is 0.449 e. The third-order valence-corrected chi connectivity index (χ3v) is 3.71. The average Bonchev–Trinajstić information content (AvgIpc) is 2.63. The van der Waals surface area contributed by atoms with E-state index in [1.165, 1.54) is 12.3 Å². The summed E-state index contributed by atoms with van der Waals surface area (Å²) in [4.78, 5) is 30.1. The maximum atomic E-state index is 12.4. The third-order valence-electron chi connectivity index (χ3n) is 3.43. The fraction of sp³-hybridized carbons (Fsp3) is 0.0556. The molecule has 120 valence electrons. The lowest BCUT2D eigenvalue weighted by Crippen LogP contribution is -2.15. The molecule has 0 radical (unpaired) electrons. The summed E-state index contributed by atoms with van der Waals surface area (Å²) in [6.45, 7) is 0. The topological polar surface area (TPSA) is 72.0 Å². The molecule has 1 N–H and O–H groups in total. The van der Waals surface area contributed by atoms with E-state index in [1.54, 1.807) is 24.5 Å². The first-order valence-electron chi connectivity index (χ1n) is 7.19. The number of hydrogen-bond acceptors (Lipinski definition) is 4. The highest BCUT2D eigenvalue weighted by Crippen LogP contribution is 2.26. The molecule has 2 heterocycles. The number of carbonyl (C=O) groups excluding carboxylic acids is 1. The number of hydrogen-bond donors (Lipinski definition) is 1. The summed E-state index contributed by atoms with van der Waals surface area (Å²) in [5.74, 6) is -0.584. The number of benzene rings is 1. The maximum Gasteiger partial charge on any atom is 0.340 e. The molecule has 24 heavy (non-hydrogen) atoms. The summed E-state index contributed by atoms with van der Waals surface area (Å²) >= 11 is 5.77. The molecular formula is C18H13ClN2O3. The highest BCUT2D eigenvalue weighted by molar-refractivity contribution is 6.30. The Labute approximate surface area is 142 Å². The molecule has 0 fully saturated rings. The van der Waals surface area contributed by atoms with Crippen molar-refractivity contribution in [3.05, 3.63) is 99.2 Å². The van der Waals surface area contributed by atoms with Crippen LogP contribution >= 0.6 is 11.6 Å². The second kappa shape index (κ2) is 7.10. The van der Waals surface area contributed by atoms with Crippen LogP contribution in [0.1, 0.15) is 27.6 Å². The van der Waals surface area contributed by atoms with Crippen molar-refractivity contribution in [1.82, 2.24) is 9.97 Å². The van der Waals surface area contributed by atoms with E-state index >= 15 is 0 Å². The van der Waals surface area contributed by atoms with Crippen LogP contribution in [0.15, 0.2) is 71.9 Å². The molecule has 0 spiro atoms. The van der Waals surface area contributed by atoms with Gasteiger partial charge >= 0.3 is 5.97 Å². The second-order valence-corrected chi connectivity index (χ2v) is 5.45. The first-order chi connectivity index (χ1) is 11.6. The van der Waals surface area contributed by atoms with E-state index in [0.717, 1.165) is 11.1 Å². The SMILES string of the molecule is O=C(O[C@@H](c1ccccc1)c1ccncc1)c1c[nH]c(=O)c(Cl)c1. The molecule has 0 bridgehead atoms. The van der Waals surface area contributed by atoms with Gasteiger partial charge in [-0.25, -0.2) is 4.79 Å². The Balaban J connectivity index is 1.93. The van der Waals surface area contributed by atoms with E-state index in [4.69, 9.17) is 16.3 Å². The van der Waals surface area contributed by atoms with Crippen molar-refractivity contribution in [3.63, 3.8) is 0 Å². The number of nitrogens with one attached hydrogen (secondary N) is 1. The zero-order chi connectivity index (χ0) is 16.9. The number of rotatable bonds is 4. The van der Waals surface area contributed by atoms with Gasteiger partial charge in [0.2, 0.25) is 0 Å². The Morgan fingerprint density at radius 3 is 2.42 bits per heavy atom. The van der Waals surface area contributed by atoms with Gasteiger partial charge in [-0.3, -0.25) is 9.78 Å². The zero-order valence-corrected chi connectivity index (χ0v) is 13.2. The molecular weight excluding hydrogens is 328 g/mol. The summed E-state index contributed by atoms with van der Waals surface area (Å²) in [6.07, 6.45) is 3.96. The smallest absolute Gasteiger partial charge is 0.340 e. The minimum Gasteiger partial charge on any atom is -0.449 e. The molecule has 0 saturated heterocycles. The van der Waals surface area contributed by atoms with E-state index in [1.807, 2.05) is 30.3 Å². The molecule has 6 heteroatoms. The quantitative estimate of drug-likeness (QED) is 0.739. The molecule has 0 amide bonds. The van der Waals surface area contributed by atoms with Crippen molar-refractivity contribution >= 4 is 17.6 Å². The fourth-order valence-corrected chi connectivity index (χ4v) is 2.42. The van der Waals surface area contributed by atoms with Crippen molar-refractivity contribution < 1.29 is 9.53 Å². The van der Waals surface area contributed by atoms with Gasteiger partial charge in [0.05, 0.1) is 5.56 Å². The van der Waals surface area contributed by atoms with Gasteiger partial charge < -0.3 is 9.72 Å². The van der Waals surface area contributed by atoms with Gasteiger partial charge in [-0.15, -0.1) is 0 Å². The number of carbonyl (C=O) groups is 1. The Bertz CT molecular complexity index is 855. The molecule has 0 aliphatic heterocycles. The predicted molar refractivity (Wildman–Crippen MR) is 90.0 cm³/mol. The van der Waals surface area contributed by atoms with Gasteiger partial charge in [-0.05, 0) is 23.8 Å². The number of pyridine rings is 2. The third kappa shape index (κ3) is 3.52. The number of esters is 1. The van der Waals surface area contributed by atoms with Crippen molar-refractivity contribution in [3.8, 4) is 0 Å². The lowest BCUT2D eigenvalue weighted by atomic mass is 10.0. The van der Waals surface area contributed by atoms with Gasteiger partial charge in [0.15, 0.2) is 6.10 Å². The monoisotopic (exact) mass is 340 g/mol. The Kier molecular flexibility index (Phi) is 4.72. The first kappa shape index (κ1) is 16.0. The van der Waals surface area contributed by atoms with Crippen LogP contribution in [0.25, 0.3) is 0 Å². The molecule has 1 atom stereocenters. The van der Waals surface area contributed by atoms with Gasteiger partial charge in [-0.2, -0.15) is 0 Å². The molecule has 0 unspecified atom stereocenters. The lowest BCUT2D eigenvalue weighted by Gasteiger charge is -2.18. The van der Waals surface area contributed by atoms with E-state index in [-0.39, 0.29) is 10.6 Å². The maximum absolute atomic E-state index is 12.4. The Hall–Kier alpha value is -2.92. The molecule has 3 aromatic rings. The lowest BCUT2D eigenvalue weighted by molar-refractivity contribution is 0.0377. The normalized spacial score (nSPS) is 11.7. The molecule has 0 aliphatic rings. The van der Waals surface area contributed by atoms with Crippen LogP contribution in [0, 0.1) is 0 Å². The summed E-state index contributed by atoms with van der Waals surface area (Å²) in [5, 5.41) is -0.0652. The van der Waals surface area contributed by atoms with Gasteiger partial charge in [0, 0.05) is 24.2 Å². The summed E-state index contributed by atoms with van der Waals surface area (Å²) in [7, 11) is 0. The van der Waals surface area contributed by atoms with Crippen LogP contribution in [0.4, 0.5) is 0 Å². The number of halogens is 1. The predicted octanol–water partition coefficient (Wildman–Crippen LogP) is 3.37. The molecule has 3 rings (SSSR count). The Morgan fingerprint density at radius 1 is 1.08 bits per heavy atom. The van der Waals surface area contributed by atoms with Crippen LogP contribution < -0.4 is 5.56 Å². The van der Waals surface area contributed by atoms with E-state index in [9.17, 15) is 9.59 Å².